The van der Waals surface area contributed by atoms with E-state index < -0.39 is 0 Å². The first-order valence-corrected chi connectivity index (χ1v) is 7.21. The van der Waals surface area contributed by atoms with Gasteiger partial charge in [0.1, 0.15) is 0 Å². The molecule has 21 heavy (non-hydrogen) atoms. The Bertz CT molecular complexity index is 558. The Morgan fingerprint density at radius 1 is 1.33 bits per heavy atom. The molecule has 0 amide bonds. The molecule has 1 aromatic carbocycles. The Kier molecular flexibility index (Phi) is 5.39. The number of rotatable bonds is 4. The average Bonchev–Trinajstić information content (AvgIpc) is 3.08. The van der Waals surface area contributed by atoms with E-state index in [4.69, 9.17) is 10.3 Å². The molecule has 4 nitrogen and oxygen atoms in total. The van der Waals surface area contributed by atoms with Crippen LogP contribution >= 0.6 is 12.4 Å². The third kappa shape index (κ3) is 3.64. The maximum Gasteiger partial charge on any atom is 0.167 e. The first-order valence-electron chi connectivity index (χ1n) is 7.21. The second kappa shape index (κ2) is 7.07. The highest BCUT2D eigenvalue weighted by Gasteiger charge is 2.28. The molecule has 5 heteroatoms. The van der Waals surface area contributed by atoms with E-state index in [9.17, 15) is 0 Å². The summed E-state index contributed by atoms with van der Waals surface area (Å²) >= 11 is 0. The highest BCUT2D eigenvalue weighted by Crippen LogP contribution is 2.25. The van der Waals surface area contributed by atoms with Crippen molar-refractivity contribution in [2.24, 2.45) is 11.7 Å². The first-order chi connectivity index (χ1) is 9.76. The molecule has 1 fully saturated rings. The number of hydrogen-bond donors (Lipinski definition) is 1. The largest absolute Gasteiger partial charge is 0.356 e. The van der Waals surface area contributed by atoms with E-state index in [1.807, 2.05) is 36.4 Å². The molecular formula is C16H22ClN3O. The molecule has 2 N–H and O–H groups in total. The van der Waals surface area contributed by atoms with Gasteiger partial charge in [-0.05, 0) is 25.8 Å². The van der Waals surface area contributed by atoms with Crippen LogP contribution in [0.15, 0.2) is 40.9 Å². The summed E-state index contributed by atoms with van der Waals surface area (Å²) in [6.07, 6.45) is 1.18. The summed E-state index contributed by atoms with van der Waals surface area (Å²) in [5, 5.41) is 4.19. The maximum atomic E-state index is 5.77. The van der Waals surface area contributed by atoms with Crippen LogP contribution in [0.25, 0.3) is 11.3 Å². The van der Waals surface area contributed by atoms with Gasteiger partial charge in [0, 0.05) is 30.8 Å². The molecule has 1 aromatic heterocycles. The Morgan fingerprint density at radius 3 is 2.76 bits per heavy atom. The number of benzene rings is 1. The Labute approximate surface area is 131 Å². The van der Waals surface area contributed by atoms with Gasteiger partial charge in [-0.3, -0.25) is 4.90 Å². The summed E-state index contributed by atoms with van der Waals surface area (Å²) in [6.45, 7) is 4.93. The smallest absolute Gasteiger partial charge is 0.167 e. The fraction of sp³-hybridized carbons (Fsp3) is 0.438. The molecule has 0 spiro atoms. The molecule has 1 aliphatic heterocycles. The number of likely N-dealkylation sites (tertiary alicyclic amines) is 1. The lowest BCUT2D eigenvalue weighted by Crippen LogP contribution is -2.27. The zero-order valence-electron chi connectivity index (χ0n) is 12.2. The van der Waals surface area contributed by atoms with Crippen LogP contribution < -0.4 is 5.73 Å². The van der Waals surface area contributed by atoms with E-state index >= 15 is 0 Å². The fourth-order valence-corrected chi connectivity index (χ4v) is 2.94. The van der Waals surface area contributed by atoms with Crippen LogP contribution in [0, 0.1) is 5.92 Å². The normalized spacial score (nSPS) is 22.2. The van der Waals surface area contributed by atoms with Gasteiger partial charge in [0.25, 0.3) is 0 Å². The van der Waals surface area contributed by atoms with Gasteiger partial charge in [-0.1, -0.05) is 35.5 Å². The summed E-state index contributed by atoms with van der Waals surface area (Å²) in [6, 6.07) is 12.7. The van der Waals surface area contributed by atoms with E-state index in [1.165, 1.54) is 6.42 Å². The van der Waals surface area contributed by atoms with Gasteiger partial charge in [0.05, 0.1) is 5.69 Å². The standard InChI is InChI=1S/C16H21N3O.ClH/c1-12-7-13(9-17)10-19(12)11-15-8-16(20-18-15)14-5-3-2-4-6-14;/h2-6,8,12-13H,7,9-11,17H2,1H3;1H. The molecular weight excluding hydrogens is 286 g/mol. The van der Waals surface area contributed by atoms with Crippen LogP contribution in [0.2, 0.25) is 0 Å². The van der Waals surface area contributed by atoms with Crippen LogP contribution in [0.4, 0.5) is 0 Å². The van der Waals surface area contributed by atoms with E-state index in [-0.39, 0.29) is 12.4 Å². The van der Waals surface area contributed by atoms with Crippen molar-refractivity contribution < 1.29 is 4.52 Å². The molecule has 2 aromatic rings. The van der Waals surface area contributed by atoms with Gasteiger partial charge < -0.3 is 10.3 Å². The summed E-state index contributed by atoms with van der Waals surface area (Å²) in [7, 11) is 0. The van der Waals surface area contributed by atoms with Crippen molar-refractivity contribution in [1.82, 2.24) is 10.1 Å². The monoisotopic (exact) mass is 307 g/mol. The number of aromatic nitrogens is 1. The molecule has 0 saturated carbocycles. The molecule has 2 unspecified atom stereocenters. The van der Waals surface area contributed by atoms with Crippen molar-refractivity contribution in [3.63, 3.8) is 0 Å². The zero-order valence-corrected chi connectivity index (χ0v) is 13.1. The van der Waals surface area contributed by atoms with Crippen molar-refractivity contribution in [3.8, 4) is 11.3 Å². The van der Waals surface area contributed by atoms with Crippen LogP contribution in [0.5, 0.6) is 0 Å². The van der Waals surface area contributed by atoms with Crippen molar-refractivity contribution in [2.75, 3.05) is 13.1 Å². The number of nitrogens with two attached hydrogens (primary N) is 1. The minimum atomic E-state index is 0. The molecule has 3 rings (SSSR count). The van der Waals surface area contributed by atoms with E-state index in [0.29, 0.717) is 12.0 Å². The molecule has 0 aliphatic carbocycles. The molecule has 114 valence electrons. The van der Waals surface area contributed by atoms with Crippen LogP contribution in [0.1, 0.15) is 19.0 Å². The second-order valence-corrected chi connectivity index (χ2v) is 5.66. The Balaban J connectivity index is 0.00000161. The van der Waals surface area contributed by atoms with Gasteiger partial charge in [0.2, 0.25) is 0 Å². The van der Waals surface area contributed by atoms with Gasteiger partial charge in [-0.2, -0.15) is 0 Å². The highest BCUT2D eigenvalue weighted by molar-refractivity contribution is 5.85. The van der Waals surface area contributed by atoms with E-state index in [2.05, 4.69) is 17.0 Å². The molecule has 0 radical (unpaired) electrons. The van der Waals surface area contributed by atoms with E-state index in [0.717, 1.165) is 36.7 Å². The quantitative estimate of drug-likeness (QED) is 0.943. The summed E-state index contributed by atoms with van der Waals surface area (Å²) in [4.78, 5) is 2.43. The summed E-state index contributed by atoms with van der Waals surface area (Å²) < 4.78 is 5.45. The lowest BCUT2D eigenvalue weighted by molar-refractivity contribution is 0.247. The van der Waals surface area contributed by atoms with Gasteiger partial charge in [0.15, 0.2) is 5.76 Å². The third-order valence-corrected chi connectivity index (χ3v) is 4.11. The van der Waals surface area contributed by atoms with Crippen LogP contribution in [-0.2, 0) is 6.54 Å². The van der Waals surface area contributed by atoms with Gasteiger partial charge in [-0.15, -0.1) is 12.4 Å². The predicted octanol–water partition coefficient (Wildman–Crippen LogP) is 2.93. The van der Waals surface area contributed by atoms with Crippen molar-refractivity contribution in [1.29, 1.82) is 0 Å². The summed E-state index contributed by atoms with van der Waals surface area (Å²) in [5.74, 6) is 1.45. The van der Waals surface area contributed by atoms with Crippen molar-refractivity contribution in [2.45, 2.75) is 25.9 Å². The average molecular weight is 308 g/mol. The Hall–Kier alpha value is -1.36. The first kappa shape index (κ1) is 16.0. The number of hydrogen-bond acceptors (Lipinski definition) is 4. The number of halogens is 1. The SMILES string of the molecule is CC1CC(CN)CN1Cc1cc(-c2ccccc2)on1.Cl. The van der Waals surface area contributed by atoms with Gasteiger partial charge in [-0.25, -0.2) is 0 Å². The van der Waals surface area contributed by atoms with Crippen LogP contribution in [0.3, 0.4) is 0 Å². The Morgan fingerprint density at radius 2 is 2.10 bits per heavy atom. The van der Waals surface area contributed by atoms with Crippen molar-refractivity contribution in [3.05, 3.63) is 42.1 Å². The lowest BCUT2D eigenvalue weighted by Gasteiger charge is -2.19. The van der Waals surface area contributed by atoms with E-state index in [1.54, 1.807) is 0 Å². The molecule has 1 saturated heterocycles. The second-order valence-electron chi connectivity index (χ2n) is 5.66. The van der Waals surface area contributed by atoms with Crippen LogP contribution in [-0.4, -0.2) is 29.2 Å². The van der Waals surface area contributed by atoms with Gasteiger partial charge >= 0.3 is 0 Å². The maximum absolute atomic E-state index is 5.77. The summed E-state index contributed by atoms with van der Waals surface area (Å²) in [5.41, 5.74) is 7.83. The molecule has 2 atom stereocenters. The minimum absolute atomic E-state index is 0. The molecule has 0 bridgehead atoms. The topological polar surface area (TPSA) is 55.3 Å². The molecule has 2 heterocycles. The predicted molar refractivity (Wildman–Crippen MR) is 86.2 cm³/mol. The molecule has 1 aliphatic rings. The zero-order chi connectivity index (χ0) is 13.9. The minimum Gasteiger partial charge on any atom is -0.356 e. The number of nitrogens with zero attached hydrogens (tertiary/aromatic N) is 2. The highest BCUT2D eigenvalue weighted by atomic mass is 35.5. The van der Waals surface area contributed by atoms with Crippen molar-refractivity contribution >= 4 is 12.4 Å². The lowest BCUT2D eigenvalue weighted by atomic mass is 10.1. The third-order valence-electron chi connectivity index (χ3n) is 4.11. The fourth-order valence-electron chi connectivity index (χ4n) is 2.94.